The second-order valence-corrected chi connectivity index (χ2v) is 7.50. The number of ether oxygens (including phenoxy) is 1. The highest BCUT2D eigenvalue weighted by atomic mass is 19.4. The number of nitrogens with one attached hydrogen (secondary N) is 1. The first-order chi connectivity index (χ1) is 14.2. The van der Waals surface area contributed by atoms with Crippen LogP contribution in [-0.4, -0.2) is 38.4 Å². The van der Waals surface area contributed by atoms with Crippen LogP contribution < -0.4 is 10.1 Å². The predicted octanol–water partition coefficient (Wildman–Crippen LogP) is 3.78. The molecular weight excluding hydrogens is 399 g/mol. The number of pyridine rings is 2. The number of hydrogen-bond donors (Lipinski definition) is 1. The molecule has 1 aliphatic carbocycles. The summed E-state index contributed by atoms with van der Waals surface area (Å²) in [5.41, 5.74) is 2.70. The van der Waals surface area contributed by atoms with Gasteiger partial charge in [-0.15, -0.1) is 0 Å². The van der Waals surface area contributed by atoms with Crippen molar-refractivity contribution in [2.45, 2.75) is 39.4 Å². The lowest BCUT2D eigenvalue weighted by Crippen LogP contribution is -2.20. The van der Waals surface area contributed by atoms with Gasteiger partial charge in [0.1, 0.15) is 5.82 Å². The van der Waals surface area contributed by atoms with Gasteiger partial charge in [-0.3, -0.25) is 9.48 Å². The topological polar surface area (TPSA) is 81.9 Å². The highest BCUT2D eigenvalue weighted by Gasteiger charge is 2.30. The number of alkyl halides is 3. The Balaban J connectivity index is 1.54. The van der Waals surface area contributed by atoms with Gasteiger partial charge in [-0.05, 0) is 44.4 Å². The Kier molecular flexibility index (Phi) is 5.08. The molecule has 7 nitrogen and oxygen atoms in total. The first kappa shape index (κ1) is 20.1. The Morgan fingerprint density at radius 3 is 2.73 bits per heavy atom. The summed E-state index contributed by atoms with van der Waals surface area (Å²) >= 11 is 0. The third kappa shape index (κ3) is 4.69. The Bertz CT molecular complexity index is 1110. The van der Waals surface area contributed by atoms with E-state index >= 15 is 0 Å². The summed E-state index contributed by atoms with van der Waals surface area (Å²) in [5.74, 6) is 0.464. The van der Waals surface area contributed by atoms with E-state index in [1.807, 2.05) is 13.0 Å². The molecule has 4 rings (SSSR count). The summed E-state index contributed by atoms with van der Waals surface area (Å²) in [5, 5.41) is 8.15. The Labute approximate surface area is 170 Å². The van der Waals surface area contributed by atoms with E-state index in [4.69, 9.17) is 4.74 Å². The molecule has 3 aromatic heterocycles. The molecule has 3 heterocycles. The summed E-state index contributed by atoms with van der Waals surface area (Å²) in [6.45, 7) is 2.45. The molecule has 0 aliphatic heterocycles. The largest absolute Gasteiger partial charge is 0.468 e. The van der Waals surface area contributed by atoms with Crippen LogP contribution in [0.4, 0.5) is 19.0 Å². The van der Waals surface area contributed by atoms with Crippen LogP contribution in [0.5, 0.6) is 5.88 Å². The molecular formula is C20H20F3N5O2. The van der Waals surface area contributed by atoms with Crippen molar-refractivity contribution in [2.24, 2.45) is 5.92 Å². The molecule has 0 unspecified atom stereocenters. The minimum atomic E-state index is -4.42. The molecule has 3 aromatic rings. The van der Waals surface area contributed by atoms with Gasteiger partial charge in [0.25, 0.3) is 0 Å². The van der Waals surface area contributed by atoms with Crippen molar-refractivity contribution in [2.75, 3.05) is 11.9 Å². The van der Waals surface area contributed by atoms with Gasteiger partial charge in [0.2, 0.25) is 11.8 Å². The second kappa shape index (κ2) is 7.58. The monoisotopic (exact) mass is 419 g/mol. The van der Waals surface area contributed by atoms with Crippen LogP contribution in [-0.2, 0) is 11.3 Å². The lowest BCUT2D eigenvalue weighted by atomic mass is 10.2. The molecule has 0 spiro atoms. The number of halogens is 3. The quantitative estimate of drug-likeness (QED) is 0.658. The van der Waals surface area contributed by atoms with Crippen LogP contribution in [0, 0.1) is 19.8 Å². The average Bonchev–Trinajstić information content (AvgIpc) is 3.42. The summed E-state index contributed by atoms with van der Waals surface area (Å²) in [7, 11) is 0. The molecule has 1 N–H and O–H groups in total. The van der Waals surface area contributed by atoms with Crippen molar-refractivity contribution in [3.05, 3.63) is 41.3 Å². The molecule has 0 aromatic carbocycles. The van der Waals surface area contributed by atoms with Crippen molar-refractivity contribution in [1.82, 2.24) is 19.7 Å². The number of nitrogens with zero attached hydrogens (tertiary/aromatic N) is 4. The average molecular weight is 419 g/mol. The zero-order chi connectivity index (χ0) is 21.5. The van der Waals surface area contributed by atoms with Crippen LogP contribution in [0.15, 0.2) is 24.5 Å². The number of aromatic nitrogens is 4. The minimum absolute atomic E-state index is 0.0311. The maximum atomic E-state index is 12.3. The van der Waals surface area contributed by atoms with Crippen molar-refractivity contribution < 1.29 is 22.7 Å². The van der Waals surface area contributed by atoms with Crippen LogP contribution in [0.1, 0.15) is 29.7 Å². The molecule has 1 fully saturated rings. The van der Waals surface area contributed by atoms with Crippen molar-refractivity contribution in [3.63, 3.8) is 0 Å². The number of carbonyl (C=O) groups excluding carboxylic acids is 1. The number of hydrogen-bond acceptors (Lipinski definition) is 5. The van der Waals surface area contributed by atoms with E-state index in [0.717, 1.165) is 29.5 Å². The van der Waals surface area contributed by atoms with E-state index in [2.05, 4.69) is 20.4 Å². The Hall–Kier alpha value is -3.17. The first-order valence-electron chi connectivity index (χ1n) is 9.49. The summed E-state index contributed by atoms with van der Waals surface area (Å²) in [4.78, 5) is 20.6. The normalized spacial score (nSPS) is 14.2. The van der Waals surface area contributed by atoms with Crippen molar-refractivity contribution in [1.29, 1.82) is 0 Å². The van der Waals surface area contributed by atoms with E-state index in [0.29, 0.717) is 23.4 Å². The standard InChI is InChI=1S/C20H20F3N5O2/c1-11-5-13(7-24-19(11)30-10-20(21,22)23)8-28-9-15-16(27-28)6-12(2)25-17(15)26-18(29)14-3-4-14/h5-7,9,14H,3-4,8,10H2,1-2H3,(H,25,26,29). The third-order valence-electron chi connectivity index (χ3n) is 4.67. The number of aryl methyl sites for hydroxylation is 2. The fraction of sp³-hybridized carbons (Fsp3) is 0.400. The van der Waals surface area contributed by atoms with Gasteiger partial charge < -0.3 is 10.1 Å². The van der Waals surface area contributed by atoms with E-state index in [-0.39, 0.29) is 17.7 Å². The van der Waals surface area contributed by atoms with Gasteiger partial charge in [0, 0.05) is 29.6 Å². The molecule has 158 valence electrons. The van der Waals surface area contributed by atoms with E-state index in [1.54, 1.807) is 23.9 Å². The lowest BCUT2D eigenvalue weighted by molar-refractivity contribution is -0.154. The summed E-state index contributed by atoms with van der Waals surface area (Å²) in [6, 6.07) is 3.54. The maximum absolute atomic E-state index is 12.3. The van der Waals surface area contributed by atoms with Gasteiger partial charge in [0.05, 0.1) is 17.4 Å². The highest BCUT2D eigenvalue weighted by Crippen LogP contribution is 2.31. The Morgan fingerprint density at radius 2 is 2.07 bits per heavy atom. The zero-order valence-electron chi connectivity index (χ0n) is 16.5. The van der Waals surface area contributed by atoms with Crippen molar-refractivity contribution >= 4 is 22.6 Å². The fourth-order valence-electron chi connectivity index (χ4n) is 3.13. The minimum Gasteiger partial charge on any atom is -0.468 e. The molecule has 1 aliphatic rings. The number of fused-ring (bicyclic) bond motifs is 1. The van der Waals surface area contributed by atoms with Gasteiger partial charge >= 0.3 is 6.18 Å². The number of rotatable bonds is 6. The van der Waals surface area contributed by atoms with E-state index in [9.17, 15) is 18.0 Å². The first-order valence-corrected chi connectivity index (χ1v) is 9.49. The molecule has 1 saturated carbocycles. The van der Waals surface area contributed by atoms with Gasteiger partial charge in [0.15, 0.2) is 6.61 Å². The molecule has 0 radical (unpaired) electrons. The van der Waals surface area contributed by atoms with E-state index in [1.165, 1.54) is 6.20 Å². The zero-order valence-corrected chi connectivity index (χ0v) is 16.5. The predicted molar refractivity (Wildman–Crippen MR) is 103 cm³/mol. The van der Waals surface area contributed by atoms with Crippen molar-refractivity contribution in [3.8, 4) is 5.88 Å². The molecule has 0 saturated heterocycles. The van der Waals surface area contributed by atoms with Crippen LogP contribution in [0.3, 0.4) is 0 Å². The molecule has 10 heteroatoms. The fourth-order valence-corrected chi connectivity index (χ4v) is 3.13. The van der Waals surface area contributed by atoms with Gasteiger partial charge in [-0.2, -0.15) is 18.3 Å². The number of amides is 1. The summed E-state index contributed by atoms with van der Waals surface area (Å²) < 4.78 is 43.4. The van der Waals surface area contributed by atoms with E-state index < -0.39 is 12.8 Å². The van der Waals surface area contributed by atoms with Crippen LogP contribution in [0.25, 0.3) is 10.9 Å². The smallest absolute Gasteiger partial charge is 0.422 e. The lowest BCUT2D eigenvalue weighted by Gasteiger charge is -2.11. The molecule has 0 atom stereocenters. The maximum Gasteiger partial charge on any atom is 0.422 e. The molecule has 30 heavy (non-hydrogen) atoms. The number of anilines is 1. The summed E-state index contributed by atoms with van der Waals surface area (Å²) in [6.07, 6.45) is 0.628. The molecule has 1 amide bonds. The highest BCUT2D eigenvalue weighted by molar-refractivity contribution is 6.00. The van der Waals surface area contributed by atoms with Crippen LogP contribution >= 0.6 is 0 Å². The third-order valence-corrected chi connectivity index (χ3v) is 4.67. The second-order valence-electron chi connectivity index (χ2n) is 7.50. The number of carbonyl (C=O) groups is 1. The van der Waals surface area contributed by atoms with Gasteiger partial charge in [-0.25, -0.2) is 9.97 Å². The molecule has 0 bridgehead atoms. The van der Waals surface area contributed by atoms with Gasteiger partial charge in [-0.1, -0.05) is 0 Å². The Morgan fingerprint density at radius 1 is 1.30 bits per heavy atom. The SMILES string of the molecule is Cc1cc2nn(Cc3cnc(OCC(F)(F)F)c(C)c3)cc2c(NC(=O)C2CC2)n1. The van der Waals surface area contributed by atoms with Crippen LogP contribution in [0.2, 0.25) is 0 Å².